The van der Waals surface area contributed by atoms with E-state index < -0.39 is 0 Å². The minimum absolute atomic E-state index is 0.586. The van der Waals surface area contributed by atoms with Gasteiger partial charge in [0, 0.05) is 31.9 Å². The normalized spacial score (nSPS) is 11.2. The Morgan fingerprint density at radius 3 is 2.71 bits per heavy atom. The summed E-state index contributed by atoms with van der Waals surface area (Å²) in [5.41, 5.74) is 2.32. The SMILES string of the molecule is C=CCNC(=NCc1cnn(C)c1)NCCc1ccc(OC)cc1. The average molecular weight is 327 g/mol. The average Bonchev–Trinajstić information content (AvgIpc) is 3.02. The molecule has 6 heteroatoms. The van der Waals surface area contributed by atoms with Crippen molar-refractivity contribution in [3.05, 3.63) is 60.4 Å². The number of nitrogens with one attached hydrogen (secondary N) is 2. The summed E-state index contributed by atoms with van der Waals surface area (Å²) in [6.07, 6.45) is 6.51. The number of hydrogen-bond donors (Lipinski definition) is 2. The van der Waals surface area contributed by atoms with Gasteiger partial charge in [-0.05, 0) is 24.1 Å². The van der Waals surface area contributed by atoms with Crippen molar-refractivity contribution in [2.45, 2.75) is 13.0 Å². The third-order valence-electron chi connectivity index (χ3n) is 3.46. The van der Waals surface area contributed by atoms with E-state index in [-0.39, 0.29) is 0 Å². The summed E-state index contributed by atoms with van der Waals surface area (Å²) < 4.78 is 6.95. The molecule has 0 unspecified atom stereocenters. The van der Waals surface area contributed by atoms with Crippen LogP contribution in [-0.2, 0) is 20.0 Å². The summed E-state index contributed by atoms with van der Waals surface area (Å²) in [6.45, 7) is 5.78. The van der Waals surface area contributed by atoms with Crippen molar-refractivity contribution in [3.8, 4) is 5.75 Å². The number of benzene rings is 1. The van der Waals surface area contributed by atoms with Crippen molar-refractivity contribution < 1.29 is 4.74 Å². The molecular formula is C18H25N5O. The Labute approximate surface area is 143 Å². The number of aromatic nitrogens is 2. The summed E-state index contributed by atoms with van der Waals surface area (Å²) >= 11 is 0. The van der Waals surface area contributed by atoms with Crippen LogP contribution < -0.4 is 15.4 Å². The van der Waals surface area contributed by atoms with E-state index in [1.165, 1.54) is 5.56 Å². The summed E-state index contributed by atoms with van der Waals surface area (Å²) in [7, 11) is 3.57. The third kappa shape index (κ3) is 5.79. The maximum atomic E-state index is 5.17. The van der Waals surface area contributed by atoms with E-state index in [4.69, 9.17) is 4.74 Å². The van der Waals surface area contributed by atoms with E-state index in [1.807, 2.05) is 37.7 Å². The molecule has 0 fully saturated rings. The Kier molecular flexibility index (Phi) is 6.89. The Morgan fingerprint density at radius 1 is 1.29 bits per heavy atom. The monoisotopic (exact) mass is 327 g/mol. The highest BCUT2D eigenvalue weighted by Crippen LogP contribution is 2.11. The lowest BCUT2D eigenvalue weighted by Crippen LogP contribution is -2.38. The molecule has 0 aliphatic rings. The number of aryl methyl sites for hydroxylation is 1. The van der Waals surface area contributed by atoms with Crippen LogP contribution in [0.25, 0.3) is 0 Å². The number of ether oxygens (including phenoxy) is 1. The molecule has 0 amide bonds. The van der Waals surface area contributed by atoms with Crippen LogP contribution in [0.15, 0.2) is 54.3 Å². The van der Waals surface area contributed by atoms with Crippen LogP contribution in [-0.4, -0.2) is 35.9 Å². The predicted octanol–water partition coefficient (Wildman–Crippen LogP) is 1.89. The molecule has 0 saturated heterocycles. The molecule has 128 valence electrons. The van der Waals surface area contributed by atoms with Gasteiger partial charge in [0.15, 0.2) is 5.96 Å². The summed E-state index contributed by atoms with van der Waals surface area (Å²) in [6, 6.07) is 8.10. The lowest BCUT2D eigenvalue weighted by Gasteiger charge is -2.11. The first-order valence-electron chi connectivity index (χ1n) is 7.95. The summed E-state index contributed by atoms with van der Waals surface area (Å²) in [5.74, 6) is 1.64. The number of rotatable bonds is 8. The number of guanidine groups is 1. The Bertz CT molecular complexity index is 660. The molecule has 0 radical (unpaired) electrons. The maximum Gasteiger partial charge on any atom is 0.191 e. The zero-order valence-corrected chi connectivity index (χ0v) is 14.3. The highest BCUT2D eigenvalue weighted by Gasteiger charge is 2.00. The minimum atomic E-state index is 0.586. The van der Waals surface area contributed by atoms with E-state index in [2.05, 4.69) is 39.4 Å². The van der Waals surface area contributed by atoms with Crippen LogP contribution in [0.3, 0.4) is 0 Å². The van der Waals surface area contributed by atoms with Gasteiger partial charge in [0.05, 0.1) is 19.9 Å². The van der Waals surface area contributed by atoms with Crippen molar-refractivity contribution in [3.63, 3.8) is 0 Å². The molecule has 0 spiro atoms. The first-order chi connectivity index (χ1) is 11.7. The molecule has 0 aliphatic carbocycles. The molecule has 1 aromatic carbocycles. The highest BCUT2D eigenvalue weighted by atomic mass is 16.5. The van der Waals surface area contributed by atoms with Crippen molar-refractivity contribution in [2.75, 3.05) is 20.2 Å². The van der Waals surface area contributed by atoms with Gasteiger partial charge in [-0.25, -0.2) is 4.99 Å². The van der Waals surface area contributed by atoms with Gasteiger partial charge in [-0.15, -0.1) is 6.58 Å². The number of nitrogens with zero attached hydrogens (tertiary/aromatic N) is 3. The topological polar surface area (TPSA) is 63.5 Å². The molecule has 1 aromatic heterocycles. The van der Waals surface area contributed by atoms with Gasteiger partial charge in [0.2, 0.25) is 0 Å². The molecule has 0 saturated carbocycles. The van der Waals surface area contributed by atoms with Gasteiger partial charge < -0.3 is 15.4 Å². The zero-order valence-electron chi connectivity index (χ0n) is 14.3. The molecule has 1 heterocycles. The van der Waals surface area contributed by atoms with Gasteiger partial charge >= 0.3 is 0 Å². The number of hydrogen-bond acceptors (Lipinski definition) is 3. The third-order valence-corrected chi connectivity index (χ3v) is 3.46. The van der Waals surface area contributed by atoms with Crippen molar-refractivity contribution in [1.29, 1.82) is 0 Å². The lowest BCUT2D eigenvalue weighted by atomic mass is 10.1. The molecule has 2 aromatic rings. The molecular weight excluding hydrogens is 302 g/mol. The van der Waals surface area contributed by atoms with Crippen LogP contribution in [0.4, 0.5) is 0 Å². The van der Waals surface area contributed by atoms with Crippen molar-refractivity contribution in [1.82, 2.24) is 20.4 Å². The molecule has 2 N–H and O–H groups in total. The van der Waals surface area contributed by atoms with Crippen LogP contribution >= 0.6 is 0 Å². The smallest absolute Gasteiger partial charge is 0.191 e. The molecule has 2 rings (SSSR count). The van der Waals surface area contributed by atoms with Crippen LogP contribution in [0, 0.1) is 0 Å². The molecule has 24 heavy (non-hydrogen) atoms. The van der Waals surface area contributed by atoms with Gasteiger partial charge in [0.25, 0.3) is 0 Å². The van der Waals surface area contributed by atoms with Crippen LogP contribution in [0.1, 0.15) is 11.1 Å². The summed E-state index contributed by atoms with van der Waals surface area (Å²) in [5, 5.41) is 10.7. The van der Waals surface area contributed by atoms with Crippen molar-refractivity contribution >= 4 is 5.96 Å². The van der Waals surface area contributed by atoms with Crippen LogP contribution in [0.2, 0.25) is 0 Å². The Hall–Kier alpha value is -2.76. The van der Waals surface area contributed by atoms with Gasteiger partial charge in [-0.3, -0.25) is 4.68 Å². The fourth-order valence-electron chi connectivity index (χ4n) is 2.18. The largest absolute Gasteiger partial charge is 0.497 e. The van der Waals surface area contributed by atoms with E-state index in [9.17, 15) is 0 Å². The molecule has 6 nitrogen and oxygen atoms in total. The predicted molar refractivity (Wildman–Crippen MR) is 97.2 cm³/mol. The fraction of sp³-hybridized carbons (Fsp3) is 0.333. The lowest BCUT2D eigenvalue weighted by molar-refractivity contribution is 0.414. The Morgan fingerprint density at radius 2 is 2.08 bits per heavy atom. The number of aliphatic imine (C=N–C) groups is 1. The minimum Gasteiger partial charge on any atom is -0.497 e. The van der Waals surface area contributed by atoms with Gasteiger partial charge in [-0.1, -0.05) is 18.2 Å². The van der Waals surface area contributed by atoms with Crippen molar-refractivity contribution in [2.24, 2.45) is 12.0 Å². The molecule has 0 atom stereocenters. The maximum absolute atomic E-state index is 5.17. The Balaban J connectivity index is 1.86. The van der Waals surface area contributed by atoms with E-state index in [0.29, 0.717) is 13.1 Å². The zero-order chi connectivity index (χ0) is 17.2. The van der Waals surface area contributed by atoms with E-state index >= 15 is 0 Å². The van der Waals surface area contributed by atoms with Gasteiger partial charge in [0.1, 0.15) is 5.75 Å². The first-order valence-corrected chi connectivity index (χ1v) is 7.95. The van der Waals surface area contributed by atoms with E-state index in [1.54, 1.807) is 11.8 Å². The van der Waals surface area contributed by atoms with E-state index in [0.717, 1.165) is 30.2 Å². The highest BCUT2D eigenvalue weighted by molar-refractivity contribution is 5.79. The molecule has 0 bridgehead atoms. The standard InChI is InChI=1S/C18H25N5O/c1-4-10-19-18(21-12-16-13-22-23(2)14-16)20-11-9-15-5-7-17(24-3)8-6-15/h4-8,13-14H,1,9-12H2,2-3H3,(H2,19,20,21). The quantitative estimate of drug-likeness (QED) is 0.441. The second-order valence-electron chi connectivity index (χ2n) is 5.38. The molecule has 0 aliphatic heterocycles. The summed E-state index contributed by atoms with van der Waals surface area (Å²) in [4.78, 5) is 4.58. The second-order valence-corrected chi connectivity index (χ2v) is 5.38. The van der Waals surface area contributed by atoms with Crippen LogP contribution in [0.5, 0.6) is 5.75 Å². The first kappa shape index (κ1) is 17.6. The van der Waals surface area contributed by atoms with Gasteiger partial charge in [-0.2, -0.15) is 5.10 Å². The fourth-order valence-corrected chi connectivity index (χ4v) is 2.18. The second kappa shape index (κ2) is 9.39. The number of methoxy groups -OCH3 is 1.